The number of hydrogen-bond acceptors (Lipinski definition) is 6. The zero-order chi connectivity index (χ0) is 23.2. The first-order valence-corrected chi connectivity index (χ1v) is 12.3. The number of carbonyl (C=O) groups is 1. The van der Waals surface area contributed by atoms with Crippen molar-refractivity contribution in [3.05, 3.63) is 58.9 Å². The fraction of sp³-hybridized carbons (Fsp3) is 0.400. The molecule has 0 spiro atoms. The molecule has 7 nitrogen and oxygen atoms in total. The highest BCUT2D eigenvalue weighted by Gasteiger charge is 2.20. The molecule has 1 aliphatic heterocycles. The van der Waals surface area contributed by atoms with Crippen LogP contribution < -0.4 is 15.8 Å². The van der Waals surface area contributed by atoms with Gasteiger partial charge in [-0.1, -0.05) is 37.2 Å². The van der Waals surface area contributed by atoms with Crippen LogP contribution in [0.4, 0.5) is 11.4 Å². The molecule has 174 valence electrons. The highest BCUT2D eigenvalue weighted by molar-refractivity contribution is 8.00. The molecule has 1 fully saturated rings. The smallest absolute Gasteiger partial charge is 0.262 e. The van der Waals surface area contributed by atoms with Gasteiger partial charge in [-0.3, -0.25) is 14.2 Å². The summed E-state index contributed by atoms with van der Waals surface area (Å²) in [5.41, 5.74) is 2.48. The summed E-state index contributed by atoms with van der Waals surface area (Å²) in [4.78, 5) is 32.9. The Morgan fingerprint density at radius 2 is 1.88 bits per heavy atom. The summed E-state index contributed by atoms with van der Waals surface area (Å²) >= 11 is 1.32. The van der Waals surface area contributed by atoms with Gasteiger partial charge >= 0.3 is 0 Å². The predicted molar refractivity (Wildman–Crippen MR) is 134 cm³/mol. The second kappa shape index (κ2) is 10.9. The van der Waals surface area contributed by atoms with Gasteiger partial charge < -0.3 is 15.0 Å². The van der Waals surface area contributed by atoms with Crippen LogP contribution in [0.3, 0.4) is 0 Å². The summed E-state index contributed by atoms with van der Waals surface area (Å²) < 4.78 is 7.11. The Morgan fingerprint density at radius 1 is 1.15 bits per heavy atom. The van der Waals surface area contributed by atoms with Crippen LogP contribution in [0, 0.1) is 0 Å². The first kappa shape index (κ1) is 23.3. The second-order valence-electron chi connectivity index (χ2n) is 8.12. The molecule has 0 saturated carbocycles. The number of morpholine rings is 1. The summed E-state index contributed by atoms with van der Waals surface area (Å²) in [6, 6.07) is 15.2. The van der Waals surface area contributed by atoms with Gasteiger partial charge in [0.15, 0.2) is 5.16 Å². The summed E-state index contributed by atoms with van der Waals surface area (Å²) in [6.07, 6.45) is 1.85. The summed E-state index contributed by atoms with van der Waals surface area (Å²) in [5, 5.41) is 3.76. The molecule has 0 bridgehead atoms. The Bertz CT molecular complexity index is 1160. The van der Waals surface area contributed by atoms with E-state index in [2.05, 4.69) is 17.1 Å². The average Bonchev–Trinajstić information content (AvgIpc) is 2.85. The summed E-state index contributed by atoms with van der Waals surface area (Å²) in [5.74, 6) is -0.122. The number of carbonyl (C=O) groups excluding carboxylic acids is 1. The molecule has 1 amide bonds. The number of aromatic nitrogens is 2. The standard InChI is InChI=1S/C25H30N4O3S/c1-3-4-13-29-24(31)21-7-5-6-8-22(21)27-25(29)33-18(2)23(30)26-19-9-11-20(12-10-19)28-14-16-32-17-15-28/h5-12,18H,3-4,13-17H2,1-2H3,(H,26,30)/t18-/m1/s1. The van der Waals surface area contributed by atoms with Crippen LogP contribution in [0.1, 0.15) is 26.7 Å². The second-order valence-corrected chi connectivity index (χ2v) is 9.43. The van der Waals surface area contributed by atoms with Gasteiger partial charge in [-0.2, -0.15) is 0 Å². The lowest BCUT2D eigenvalue weighted by atomic mass is 10.2. The van der Waals surface area contributed by atoms with Crippen molar-refractivity contribution in [1.82, 2.24) is 9.55 Å². The molecule has 4 rings (SSSR count). The molecule has 1 aromatic heterocycles. The van der Waals surface area contributed by atoms with Crippen molar-refractivity contribution in [2.45, 2.75) is 43.6 Å². The molecule has 3 aromatic rings. The van der Waals surface area contributed by atoms with E-state index in [1.165, 1.54) is 11.8 Å². The molecule has 33 heavy (non-hydrogen) atoms. The molecule has 1 atom stereocenters. The maximum Gasteiger partial charge on any atom is 0.262 e. The van der Waals surface area contributed by atoms with Crippen molar-refractivity contribution >= 4 is 39.9 Å². The average molecular weight is 467 g/mol. The number of rotatable bonds is 8. The lowest BCUT2D eigenvalue weighted by Crippen LogP contribution is -2.36. The van der Waals surface area contributed by atoms with E-state index in [0.717, 1.165) is 50.5 Å². The first-order chi connectivity index (χ1) is 16.1. The van der Waals surface area contributed by atoms with Gasteiger partial charge in [0.2, 0.25) is 5.91 Å². The third-order valence-corrected chi connectivity index (χ3v) is 6.81. The molecule has 2 heterocycles. The topological polar surface area (TPSA) is 76.5 Å². The third kappa shape index (κ3) is 5.57. The van der Waals surface area contributed by atoms with Gasteiger partial charge in [-0.05, 0) is 49.7 Å². The van der Waals surface area contributed by atoms with E-state index in [4.69, 9.17) is 9.72 Å². The lowest BCUT2D eigenvalue weighted by Gasteiger charge is -2.28. The number of unbranched alkanes of at least 4 members (excludes halogenated alkanes) is 1. The van der Waals surface area contributed by atoms with Crippen LogP contribution in [0.15, 0.2) is 58.5 Å². The van der Waals surface area contributed by atoms with Gasteiger partial charge in [-0.15, -0.1) is 0 Å². The van der Waals surface area contributed by atoms with Crippen molar-refractivity contribution in [3.8, 4) is 0 Å². The van der Waals surface area contributed by atoms with Gasteiger partial charge in [-0.25, -0.2) is 4.98 Å². The number of anilines is 2. The molecule has 0 unspecified atom stereocenters. The van der Waals surface area contributed by atoms with E-state index in [1.54, 1.807) is 10.6 Å². The normalized spacial score (nSPS) is 14.9. The molecule has 2 aromatic carbocycles. The van der Waals surface area contributed by atoms with Crippen LogP contribution in [0.25, 0.3) is 10.9 Å². The van der Waals surface area contributed by atoms with Crippen LogP contribution >= 0.6 is 11.8 Å². The van der Waals surface area contributed by atoms with Crippen molar-refractivity contribution in [1.29, 1.82) is 0 Å². The highest BCUT2D eigenvalue weighted by atomic mass is 32.2. The molecular weight excluding hydrogens is 436 g/mol. The number of para-hydroxylation sites is 1. The van der Waals surface area contributed by atoms with E-state index in [-0.39, 0.29) is 11.5 Å². The number of fused-ring (bicyclic) bond motifs is 1. The molecule has 8 heteroatoms. The molecule has 1 saturated heterocycles. The van der Waals surface area contributed by atoms with E-state index >= 15 is 0 Å². The van der Waals surface area contributed by atoms with E-state index in [9.17, 15) is 9.59 Å². The van der Waals surface area contributed by atoms with E-state index in [0.29, 0.717) is 22.6 Å². The van der Waals surface area contributed by atoms with Gasteiger partial charge in [0, 0.05) is 31.0 Å². The Hall–Kier alpha value is -2.84. The molecule has 0 aliphatic carbocycles. The zero-order valence-electron chi connectivity index (χ0n) is 19.1. The summed E-state index contributed by atoms with van der Waals surface area (Å²) in [7, 11) is 0. The fourth-order valence-corrected chi connectivity index (χ4v) is 4.72. The Labute approximate surface area is 198 Å². The quantitative estimate of drug-likeness (QED) is 0.397. The van der Waals surface area contributed by atoms with E-state index < -0.39 is 5.25 Å². The van der Waals surface area contributed by atoms with Gasteiger partial charge in [0.05, 0.1) is 29.4 Å². The molecular formula is C25H30N4O3S. The molecule has 0 radical (unpaired) electrons. The predicted octanol–water partition coefficient (Wildman–Crippen LogP) is 4.15. The minimum Gasteiger partial charge on any atom is -0.378 e. The number of benzene rings is 2. The Morgan fingerprint density at radius 3 is 2.61 bits per heavy atom. The van der Waals surface area contributed by atoms with Crippen LogP contribution in [0.5, 0.6) is 0 Å². The number of nitrogens with zero attached hydrogens (tertiary/aromatic N) is 3. The maximum absolute atomic E-state index is 13.1. The minimum atomic E-state index is -0.412. The Kier molecular flexibility index (Phi) is 7.67. The number of amides is 1. The van der Waals surface area contributed by atoms with Crippen LogP contribution in [-0.4, -0.2) is 47.0 Å². The SMILES string of the molecule is CCCCn1c(S[C@H](C)C(=O)Nc2ccc(N3CCOCC3)cc2)nc2ccccc2c1=O. The number of thioether (sulfide) groups is 1. The van der Waals surface area contributed by atoms with Crippen LogP contribution in [-0.2, 0) is 16.1 Å². The Balaban J connectivity index is 1.47. The zero-order valence-corrected chi connectivity index (χ0v) is 19.9. The monoisotopic (exact) mass is 466 g/mol. The molecule has 1 N–H and O–H groups in total. The van der Waals surface area contributed by atoms with Crippen molar-refractivity contribution in [3.63, 3.8) is 0 Å². The highest BCUT2D eigenvalue weighted by Crippen LogP contribution is 2.25. The third-order valence-electron chi connectivity index (χ3n) is 5.72. The van der Waals surface area contributed by atoms with Crippen molar-refractivity contribution in [2.24, 2.45) is 0 Å². The first-order valence-electron chi connectivity index (χ1n) is 11.5. The van der Waals surface area contributed by atoms with Gasteiger partial charge in [0.1, 0.15) is 0 Å². The molecule has 1 aliphatic rings. The maximum atomic E-state index is 13.1. The summed E-state index contributed by atoms with van der Waals surface area (Å²) in [6.45, 7) is 7.74. The largest absolute Gasteiger partial charge is 0.378 e. The number of ether oxygens (including phenoxy) is 1. The van der Waals surface area contributed by atoms with Crippen LogP contribution in [0.2, 0.25) is 0 Å². The van der Waals surface area contributed by atoms with E-state index in [1.807, 2.05) is 49.4 Å². The fourth-order valence-electron chi connectivity index (χ4n) is 3.78. The van der Waals surface area contributed by atoms with Gasteiger partial charge in [0.25, 0.3) is 5.56 Å². The number of hydrogen-bond donors (Lipinski definition) is 1. The number of nitrogens with one attached hydrogen (secondary N) is 1. The lowest BCUT2D eigenvalue weighted by molar-refractivity contribution is -0.115. The minimum absolute atomic E-state index is 0.0529. The van der Waals surface area contributed by atoms with Crippen molar-refractivity contribution in [2.75, 3.05) is 36.5 Å². The van der Waals surface area contributed by atoms with Crippen molar-refractivity contribution < 1.29 is 9.53 Å².